The van der Waals surface area contributed by atoms with E-state index in [0.29, 0.717) is 18.1 Å². The molecule has 4 aromatic rings. The van der Waals surface area contributed by atoms with Crippen LogP contribution in [-0.2, 0) is 29.9 Å². The molecule has 1 amide bonds. The number of nitrogens with one attached hydrogen (secondary N) is 2. The molecule has 8 nitrogen and oxygen atoms in total. The molecule has 10 heteroatoms. The zero-order valence-electron chi connectivity index (χ0n) is 17.3. The number of carbonyl (C=O) groups excluding carboxylic acids is 1. The lowest BCUT2D eigenvalue weighted by atomic mass is 9.97. The van der Waals surface area contributed by atoms with Crippen molar-refractivity contribution in [1.82, 2.24) is 24.7 Å². The van der Waals surface area contributed by atoms with Gasteiger partial charge < -0.3 is 10.3 Å². The van der Waals surface area contributed by atoms with Crippen molar-refractivity contribution in [3.63, 3.8) is 0 Å². The highest BCUT2D eigenvalue weighted by atomic mass is 32.2. The van der Waals surface area contributed by atoms with Crippen LogP contribution in [0.1, 0.15) is 34.7 Å². The molecule has 32 heavy (non-hydrogen) atoms. The standard InChI is InChI=1S/C22H22N6O2S2/c29-19(25-16-7-3-1-5-14(16)9-28-13-23-12-24-28)11-31-10-18-26-21(30)20-15-6-2-4-8-17(15)32-22(20)27-18/h1,3,5,7,12-13H,2,4,6,8-11H2,(H,25,29)(H,26,27,30). The summed E-state index contributed by atoms with van der Waals surface area (Å²) >= 11 is 3.07. The molecule has 0 saturated heterocycles. The molecule has 5 rings (SSSR count). The number of para-hydroxylation sites is 1. The fourth-order valence-electron chi connectivity index (χ4n) is 3.97. The van der Waals surface area contributed by atoms with Gasteiger partial charge in [-0.25, -0.2) is 14.6 Å². The van der Waals surface area contributed by atoms with Gasteiger partial charge in [-0.15, -0.1) is 23.1 Å². The lowest BCUT2D eigenvalue weighted by molar-refractivity contribution is -0.113. The Hall–Kier alpha value is -2.98. The largest absolute Gasteiger partial charge is 0.325 e. The Kier molecular flexibility index (Phi) is 6.04. The Morgan fingerprint density at radius 3 is 3.00 bits per heavy atom. The second-order valence-corrected chi connectivity index (χ2v) is 9.76. The van der Waals surface area contributed by atoms with Crippen LogP contribution in [0.2, 0.25) is 0 Å². The molecular formula is C22H22N6O2S2. The van der Waals surface area contributed by atoms with E-state index in [2.05, 4.69) is 25.4 Å². The van der Waals surface area contributed by atoms with Crippen LogP contribution in [0, 0.1) is 0 Å². The van der Waals surface area contributed by atoms with Gasteiger partial charge in [0.15, 0.2) is 0 Å². The number of H-pyrrole nitrogens is 1. The molecule has 0 spiro atoms. The van der Waals surface area contributed by atoms with Crippen LogP contribution < -0.4 is 10.9 Å². The van der Waals surface area contributed by atoms with Gasteiger partial charge in [0.25, 0.3) is 5.56 Å². The van der Waals surface area contributed by atoms with E-state index in [0.717, 1.165) is 40.7 Å². The van der Waals surface area contributed by atoms with E-state index in [4.69, 9.17) is 0 Å². The summed E-state index contributed by atoms with van der Waals surface area (Å²) in [7, 11) is 0. The average molecular weight is 467 g/mol. The molecule has 3 aromatic heterocycles. The highest BCUT2D eigenvalue weighted by Crippen LogP contribution is 2.33. The van der Waals surface area contributed by atoms with E-state index < -0.39 is 0 Å². The van der Waals surface area contributed by atoms with E-state index >= 15 is 0 Å². The van der Waals surface area contributed by atoms with Crippen molar-refractivity contribution in [2.24, 2.45) is 0 Å². The fourth-order valence-corrected chi connectivity index (χ4v) is 5.94. The summed E-state index contributed by atoms with van der Waals surface area (Å²) in [5.41, 5.74) is 2.84. The number of rotatable bonds is 7. The number of carbonyl (C=O) groups is 1. The van der Waals surface area contributed by atoms with Gasteiger partial charge in [-0.05, 0) is 42.9 Å². The number of hydrogen-bond acceptors (Lipinski definition) is 7. The van der Waals surface area contributed by atoms with Gasteiger partial charge in [-0.3, -0.25) is 9.59 Å². The quantitative estimate of drug-likeness (QED) is 0.433. The Balaban J connectivity index is 1.21. The van der Waals surface area contributed by atoms with Crippen LogP contribution in [-0.4, -0.2) is 36.4 Å². The molecule has 1 aromatic carbocycles. The van der Waals surface area contributed by atoms with Crippen LogP contribution in [0.5, 0.6) is 0 Å². The van der Waals surface area contributed by atoms with Crippen molar-refractivity contribution in [3.05, 3.63) is 69.1 Å². The first-order valence-electron chi connectivity index (χ1n) is 10.5. The topological polar surface area (TPSA) is 106 Å². The second-order valence-electron chi connectivity index (χ2n) is 7.69. The van der Waals surface area contributed by atoms with E-state index in [-0.39, 0.29) is 17.2 Å². The number of amides is 1. The number of aryl methyl sites for hydroxylation is 2. The smallest absolute Gasteiger partial charge is 0.259 e. The number of thiophene rings is 1. The third-order valence-electron chi connectivity index (χ3n) is 5.44. The molecule has 164 valence electrons. The van der Waals surface area contributed by atoms with Crippen molar-refractivity contribution in [3.8, 4) is 0 Å². The fraction of sp³-hybridized carbons (Fsp3) is 0.318. The summed E-state index contributed by atoms with van der Waals surface area (Å²) in [5, 5.41) is 7.85. The molecule has 2 N–H and O–H groups in total. The molecule has 0 bridgehead atoms. The van der Waals surface area contributed by atoms with Crippen molar-refractivity contribution in [2.45, 2.75) is 38.0 Å². The van der Waals surface area contributed by atoms with Gasteiger partial charge in [0, 0.05) is 10.6 Å². The molecule has 1 aliphatic rings. The molecule has 3 heterocycles. The van der Waals surface area contributed by atoms with Crippen LogP contribution in [0.4, 0.5) is 5.69 Å². The number of thioether (sulfide) groups is 1. The number of benzene rings is 1. The van der Waals surface area contributed by atoms with Gasteiger partial charge in [0.05, 0.1) is 23.4 Å². The summed E-state index contributed by atoms with van der Waals surface area (Å²) in [4.78, 5) is 38.8. The average Bonchev–Trinajstić information content (AvgIpc) is 3.42. The Bertz CT molecular complexity index is 1310. The van der Waals surface area contributed by atoms with Gasteiger partial charge in [-0.2, -0.15) is 5.10 Å². The zero-order chi connectivity index (χ0) is 21.9. The minimum absolute atomic E-state index is 0.0588. The number of hydrogen-bond donors (Lipinski definition) is 2. The molecule has 0 atom stereocenters. The summed E-state index contributed by atoms with van der Waals surface area (Å²) in [6.07, 6.45) is 7.44. The van der Waals surface area contributed by atoms with Crippen LogP contribution >= 0.6 is 23.1 Å². The third kappa shape index (κ3) is 4.46. The maximum atomic E-state index is 12.6. The lowest BCUT2D eigenvalue weighted by Crippen LogP contribution is -2.17. The molecule has 0 unspecified atom stereocenters. The van der Waals surface area contributed by atoms with Crippen LogP contribution in [0.25, 0.3) is 10.2 Å². The first kappa shape index (κ1) is 20.9. The summed E-state index contributed by atoms with van der Waals surface area (Å²) in [6.45, 7) is 0.527. The maximum Gasteiger partial charge on any atom is 0.259 e. The predicted octanol–water partition coefficient (Wildman–Crippen LogP) is 3.38. The molecule has 0 fully saturated rings. The number of aromatic nitrogens is 5. The third-order valence-corrected chi connectivity index (χ3v) is 7.57. The number of fused-ring (bicyclic) bond motifs is 3. The number of anilines is 1. The molecular weight excluding hydrogens is 444 g/mol. The Morgan fingerprint density at radius 2 is 2.12 bits per heavy atom. The van der Waals surface area contributed by atoms with Crippen molar-refractivity contribution < 1.29 is 4.79 Å². The van der Waals surface area contributed by atoms with E-state index in [1.807, 2.05) is 24.3 Å². The molecule has 0 saturated carbocycles. The molecule has 0 radical (unpaired) electrons. The Labute approximate surface area is 192 Å². The van der Waals surface area contributed by atoms with Crippen LogP contribution in [0.15, 0.2) is 41.7 Å². The number of nitrogens with zero attached hydrogens (tertiary/aromatic N) is 4. The lowest BCUT2D eigenvalue weighted by Gasteiger charge is -2.11. The Morgan fingerprint density at radius 1 is 1.25 bits per heavy atom. The van der Waals surface area contributed by atoms with Gasteiger partial charge in [0.1, 0.15) is 23.3 Å². The number of aromatic amines is 1. The van der Waals surface area contributed by atoms with Crippen molar-refractivity contribution >= 4 is 44.9 Å². The van der Waals surface area contributed by atoms with Crippen molar-refractivity contribution in [2.75, 3.05) is 11.1 Å². The minimum Gasteiger partial charge on any atom is -0.325 e. The highest BCUT2D eigenvalue weighted by molar-refractivity contribution is 7.99. The summed E-state index contributed by atoms with van der Waals surface area (Å²) < 4.78 is 1.71. The van der Waals surface area contributed by atoms with Gasteiger partial charge in [-0.1, -0.05) is 18.2 Å². The monoisotopic (exact) mass is 466 g/mol. The first-order chi connectivity index (χ1) is 15.7. The van der Waals surface area contributed by atoms with Gasteiger partial charge in [0.2, 0.25) is 5.91 Å². The van der Waals surface area contributed by atoms with Crippen molar-refractivity contribution in [1.29, 1.82) is 0 Å². The zero-order valence-corrected chi connectivity index (χ0v) is 19.0. The second kappa shape index (κ2) is 9.25. The molecule has 0 aliphatic heterocycles. The molecule has 1 aliphatic carbocycles. The van der Waals surface area contributed by atoms with E-state index in [1.165, 1.54) is 35.0 Å². The van der Waals surface area contributed by atoms with Gasteiger partial charge >= 0.3 is 0 Å². The summed E-state index contributed by atoms with van der Waals surface area (Å²) in [6, 6.07) is 7.64. The summed E-state index contributed by atoms with van der Waals surface area (Å²) in [5.74, 6) is 1.25. The van der Waals surface area contributed by atoms with Crippen LogP contribution in [0.3, 0.4) is 0 Å². The predicted molar refractivity (Wildman–Crippen MR) is 127 cm³/mol. The highest BCUT2D eigenvalue weighted by Gasteiger charge is 2.19. The minimum atomic E-state index is -0.101. The maximum absolute atomic E-state index is 12.6. The SMILES string of the molecule is O=C(CSCc1nc2sc3c(c2c(=O)[nH]1)CCCC3)Nc1ccccc1Cn1cncn1. The van der Waals surface area contributed by atoms with E-state index in [1.54, 1.807) is 22.3 Å². The normalized spacial score (nSPS) is 13.2. The van der Waals surface area contributed by atoms with E-state index in [9.17, 15) is 9.59 Å². The first-order valence-corrected chi connectivity index (χ1v) is 12.5.